The summed E-state index contributed by atoms with van der Waals surface area (Å²) in [7, 11) is 0. The average Bonchev–Trinajstić information content (AvgIpc) is 2.89. The molecule has 0 saturated heterocycles. The SMILES string of the molecule is CC(C)c1nc(Cn2cc(CCO)cn2)no1. The number of hydrogen-bond donors (Lipinski definition) is 1. The molecule has 0 aromatic carbocycles. The first-order chi connectivity index (χ1) is 8.19. The van der Waals surface area contributed by atoms with Gasteiger partial charge < -0.3 is 9.63 Å². The lowest BCUT2D eigenvalue weighted by atomic mass is 10.2. The van der Waals surface area contributed by atoms with Gasteiger partial charge in [0.25, 0.3) is 0 Å². The van der Waals surface area contributed by atoms with Gasteiger partial charge in [0, 0.05) is 18.7 Å². The molecule has 0 aliphatic heterocycles. The molecule has 0 atom stereocenters. The molecule has 92 valence electrons. The Morgan fingerprint density at radius 3 is 2.94 bits per heavy atom. The van der Waals surface area contributed by atoms with Gasteiger partial charge >= 0.3 is 0 Å². The minimum absolute atomic E-state index is 0.130. The van der Waals surface area contributed by atoms with Crippen molar-refractivity contribution in [2.75, 3.05) is 6.61 Å². The van der Waals surface area contributed by atoms with Crippen LogP contribution in [0, 0.1) is 0 Å². The van der Waals surface area contributed by atoms with E-state index in [1.807, 2.05) is 20.0 Å². The summed E-state index contributed by atoms with van der Waals surface area (Å²) in [5.41, 5.74) is 1.00. The molecule has 0 bridgehead atoms. The molecule has 2 rings (SSSR count). The summed E-state index contributed by atoms with van der Waals surface area (Å²) >= 11 is 0. The smallest absolute Gasteiger partial charge is 0.229 e. The second kappa shape index (κ2) is 5.09. The zero-order chi connectivity index (χ0) is 12.3. The van der Waals surface area contributed by atoms with Gasteiger partial charge in [-0.1, -0.05) is 19.0 Å². The van der Waals surface area contributed by atoms with Gasteiger partial charge in [0.15, 0.2) is 5.82 Å². The summed E-state index contributed by atoms with van der Waals surface area (Å²) in [6.45, 7) is 4.63. The minimum atomic E-state index is 0.130. The average molecular weight is 236 g/mol. The van der Waals surface area contributed by atoms with Crippen LogP contribution < -0.4 is 0 Å². The number of aliphatic hydroxyl groups excluding tert-OH is 1. The molecule has 6 heteroatoms. The number of aromatic nitrogens is 4. The second-order valence-electron chi connectivity index (χ2n) is 4.22. The van der Waals surface area contributed by atoms with E-state index < -0.39 is 0 Å². The first-order valence-electron chi connectivity index (χ1n) is 5.63. The first-order valence-corrected chi connectivity index (χ1v) is 5.63. The van der Waals surface area contributed by atoms with Crippen molar-refractivity contribution in [3.63, 3.8) is 0 Å². The van der Waals surface area contributed by atoms with Gasteiger partial charge in [0.1, 0.15) is 6.54 Å². The molecule has 2 aromatic heterocycles. The summed E-state index contributed by atoms with van der Waals surface area (Å²) in [5.74, 6) is 1.49. The molecular formula is C11H16N4O2. The fourth-order valence-electron chi connectivity index (χ4n) is 1.46. The standard InChI is InChI=1S/C11H16N4O2/c1-8(2)11-13-10(14-17-11)7-15-6-9(3-4-16)5-12-15/h5-6,8,16H,3-4,7H2,1-2H3. The third kappa shape index (κ3) is 2.91. The zero-order valence-electron chi connectivity index (χ0n) is 10.00. The van der Waals surface area contributed by atoms with Crippen molar-refractivity contribution in [1.82, 2.24) is 19.9 Å². The summed E-state index contributed by atoms with van der Waals surface area (Å²) in [4.78, 5) is 4.27. The van der Waals surface area contributed by atoms with Crippen LogP contribution in [0.5, 0.6) is 0 Å². The minimum Gasteiger partial charge on any atom is -0.396 e. The maximum Gasteiger partial charge on any atom is 0.229 e. The van der Waals surface area contributed by atoms with Crippen LogP contribution in [0.1, 0.15) is 37.0 Å². The number of hydrogen-bond acceptors (Lipinski definition) is 5. The maximum absolute atomic E-state index is 8.81. The second-order valence-corrected chi connectivity index (χ2v) is 4.22. The van der Waals surface area contributed by atoms with E-state index in [0.29, 0.717) is 24.7 Å². The Morgan fingerprint density at radius 1 is 1.47 bits per heavy atom. The normalized spacial score (nSPS) is 11.3. The molecule has 0 unspecified atom stereocenters. The Balaban J connectivity index is 2.03. The van der Waals surface area contributed by atoms with Crippen LogP contribution in [0.3, 0.4) is 0 Å². The summed E-state index contributed by atoms with van der Waals surface area (Å²) in [6, 6.07) is 0. The maximum atomic E-state index is 8.81. The van der Waals surface area contributed by atoms with E-state index in [0.717, 1.165) is 5.56 Å². The van der Waals surface area contributed by atoms with Gasteiger partial charge in [-0.15, -0.1) is 0 Å². The van der Waals surface area contributed by atoms with Gasteiger partial charge in [-0.05, 0) is 12.0 Å². The van der Waals surface area contributed by atoms with Crippen molar-refractivity contribution in [3.05, 3.63) is 29.7 Å². The number of rotatable bonds is 5. The van der Waals surface area contributed by atoms with Crippen molar-refractivity contribution < 1.29 is 9.63 Å². The van der Waals surface area contributed by atoms with Crippen LogP contribution in [0.2, 0.25) is 0 Å². The van der Waals surface area contributed by atoms with Crippen molar-refractivity contribution in [3.8, 4) is 0 Å². The molecule has 0 spiro atoms. The Kier molecular flexibility index (Phi) is 3.53. The molecule has 0 fully saturated rings. The van der Waals surface area contributed by atoms with E-state index in [-0.39, 0.29) is 12.5 Å². The predicted octanol–water partition coefficient (Wildman–Crippen LogP) is 0.973. The van der Waals surface area contributed by atoms with Crippen molar-refractivity contribution in [1.29, 1.82) is 0 Å². The number of aliphatic hydroxyl groups is 1. The highest BCUT2D eigenvalue weighted by Crippen LogP contribution is 2.11. The number of nitrogens with zero attached hydrogens (tertiary/aromatic N) is 4. The highest BCUT2D eigenvalue weighted by molar-refractivity contribution is 5.04. The van der Waals surface area contributed by atoms with Crippen molar-refractivity contribution in [2.45, 2.75) is 32.7 Å². The van der Waals surface area contributed by atoms with Gasteiger partial charge in [-0.25, -0.2) is 0 Å². The lowest BCUT2D eigenvalue weighted by molar-refractivity contribution is 0.299. The van der Waals surface area contributed by atoms with E-state index in [1.165, 1.54) is 0 Å². The van der Waals surface area contributed by atoms with E-state index in [1.54, 1.807) is 10.9 Å². The highest BCUT2D eigenvalue weighted by atomic mass is 16.5. The van der Waals surface area contributed by atoms with E-state index in [4.69, 9.17) is 9.63 Å². The lowest BCUT2D eigenvalue weighted by Gasteiger charge is -1.95. The fourth-order valence-corrected chi connectivity index (χ4v) is 1.46. The molecule has 0 saturated carbocycles. The summed E-state index contributed by atoms with van der Waals surface area (Å²) in [6.07, 6.45) is 4.23. The largest absolute Gasteiger partial charge is 0.396 e. The molecule has 1 N–H and O–H groups in total. The molecule has 2 aromatic rings. The molecule has 6 nitrogen and oxygen atoms in total. The molecule has 2 heterocycles. The molecule has 0 aliphatic rings. The first kappa shape index (κ1) is 11.8. The third-order valence-electron chi connectivity index (χ3n) is 2.37. The van der Waals surface area contributed by atoms with Gasteiger partial charge in [-0.2, -0.15) is 10.1 Å². The molecule has 0 amide bonds. The van der Waals surface area contributed by atoms with Gasteiger partial charge in [-0.3, -0.25) is 4.68 Å². The van der Waals surface area contributed by atoms with E-state index >= 15 is 0 Å². The van der Waals surface area contributed by atoms with Crippen LogP contribution >= 0.6 is 0 Å². The summed E-state index contributed by atoms with van der Waals surface area (Å²) < 4.78 is 6.85. The zero-order valence-corrected chi connectivity index (χ0v) is 10.00. The van der Waals surface area contributed by atoms with Crippen LogP contribution in [-0.4, -0.2) is 31.6 Å². The Bertz CT molecular complexity index is 475. The quantitative estimate of drug-likeness (QED) is 0.837. The molecule has 0 aliphatic carbocycles. The van der Waals surface area contributed by atoms with Crippen LogP contribution in [0.25, 0.3) is 0 Å². The molecule has 17 heavy (non-hydrogen) atoms. The van der Waals surface area contributed by atoms with Crippen LogP contribution in [-0.2, 0) is 13.0 Å². The van der Waals surface area contributed by atoms with E-state index in [9.17, 15) is 0 Å². The fraction of sp³-hybridized carbons (Fsp3) is 0.545. The van der Waals surface area contributed by atoms with Gasteiger partial charge in [0.05, 0.1) is 6.20 Å². The monoisotopic (exact) mass is 236 g/mol. The summed E-state index contributed by atoms with van der Waals surface area (Å²) in [5, 5.41) is 16.9. The van der Waals surface area contributed by atoms with Crippen molar-refractivity contribution >= 4 is 0 Å². The van der Waals surface area contributed by atoms with Crippen molar-refractivity contribution in [2.24, 2.45) is 0 Å². The van der Waals surface area contributed by atoms with Gasteiger partial charge in [0.2, 0.25) is 5.89 Å². The Labute approximate surface area is 99.3 Å². The Hall–Kier alpha value is -1.69. The van der Waals surface area contributed by atoms with Crippen LogP contribution in [0.15, 0.2) is 16.9 Å². The highest BCUT2D eigenvalue weighted by Gasteiger charge is 2.10. The Morgan fingerprint density at radius 2 is 2.29 bits per heavy atom. The topological polar surface area (TPSA) is 77.0 Å². The lowest BCUT2D eigenvalue weighted by Crippen LogP contribution is -2.02. The predicted molar refractivity (Wildman–Crippen MR) is 60.5 cm³/mol. The molecular weight excluding hydrogens is 220 g/mol. The van der Waals surface area contributed by atoms with E-state index in [2.05, 4.69) is 15.2 Å². The van der Waals surface area contributed by atoms with Crippen LogP contribution in [0.4, 0.5) is 0 Å². The molecule has 0 radical (unpaired) electrons. The third-order valence-corrected chi connectivity index (χ3v) is 2.37.